The number of hydrogen-bond donors (Lipinski definition) is 1. The predicted molar refractivity (Wildman–Crippen MR) is 55.9 cm³/mol. The molecule has 0 aromatic heterocycles. The van der Waals surface area contributed by atoms with Gasteiger partial charge in [-0.3, -0.25) is 19.9 Å². The van der Waals surface area contributed by atoms with Gasteiger partial charge in [0.05, 0.1) is 4.92 Å². The summed E-state index contributed by atoms with van der Waals surface area (Å²) in [7, 11) is 0. The van der Waals surface area contributed by atoms with Crippen molar-refractivity contribution in [2.45, 2.75) is 13.8 Å². The highest BCUT2D eigenvalue weighted by molar-refractivity contribution is 5.80. The lowest BCUT2D eigenvalue weighted by Crippen LogP contribution is -2.47. The minimum atomic E-state index is -0.741. The van der Waals surface area contributed by atoms with Gasteiger partial charge in [-0.25, -0.2) is 4.79 Å². The number of likely N-dealkylation sites (N-methyl/N-ethyl adjacent to an activating group) is 1. The topological polar surface area (TPSA) is 86.9 Å². The molecular formula is C9H13N3O4. The standard InChI is InChI=1S/C9H13N3O4/c1-4-10-6(3)7(12(15)16)8(13)11(5-2)9(10)14/h13H,3-5H2,1-2H3. The first-order valence-corrected chi connectivity index (χ1v) is 4.81. The Kier molecular flexibility index (Phi) is 3.17. The molecule has 0 aromatic rings. The van der Waals surface area contributed by atoms with Gasteiger partial charge in [0.1, 0.15) is 5.70 Å². The minimum absolute atomic E-state index is 0.0836. The molecule has 1 aliphatic rings. The van der Waals surface area contributed by atoms with Gasteiger partial charge in [-0.15, -0.1) is 0 Å². The van der Waals surface area contributed by atoms with Crippen LogP contribution < -0.4 is 0 Å². The van der Waals surface area contributed by atoms with Gasteiger partial charge in [0, 0.05) is 13.1 Å². The molecule has 2 amide bonds. The highest BCUT2D eigenvalue weighted by atomic mass is 16.6. The lowest BCUT2D eigenvalue weighted by molar-refractivity contribution is -0.427. The van der Waals surface area contributed by atoms with E-state index < -0.39 is 22.5 Å². The summed E-state index contributed by atoms with van der Waals surface area (Å²) in [6.45, 7) is 7.17. The maximum absolute atomic E-state index is 11.8. The van der Waals surface area contributed by atoms with Gasteiger partial charge in [-0.2, -0.15) is 0 Å². The van der Waals surface area contributed by atoms with Crippen LogP contribution in [0, 0.1) is 10.1 Å². The third kappa shape index (κ3) is 1.60. The van der Waals surface area contributed by atoms with E-state index in [4.69, 9.17) is 0 Å². The van der Waals surface area contributed by atoms with Crippen molar-refractivity contribution in [3.63, 3.8) is 0 Å². The summed E-state index contributed by atoms with van der Waals surface area (Å²) < 4.78 is 0. The van der Waals surface area contributed by atoms with Crippen LogP contribution in [-0.2, 0) is 0 Å². The summed E-state index contributed by atoms with van der Waals surface area (Å²) in [6, 6.07) is -0.502. The third-order valence-corrected chi connectivity index (χ3v) is 2.34. The second kappa shape index (κ2) is 4.21. The first kappa shape index (κ1) is 12.0. The van der Waals surface area contributed by atoms with E-state index in [9.17, 15) is 20.0 Å². The zero-order valence-corrected chi connectivity index (χ0v) is 9.13. The van der Waals surface area contributed by atoms with Crippen LogP contribution in [-0.4, -0.2) is 39.0 Å². The minimum Gasteiger partial charge on any atom is -0.489 e. The first-order valence-electron chi connectivity index (χ1n) is 4.81. The number of urea groups is 1. The fourth-order valence-corrected chi connectivity index (χ4v) is 1.53. The molecule has 1 heterocycles. The lowest BCUT2D eigenvalue weighted by atomic mass is 10.2. The molecule has 0 atom stereocenters. The Morgan fingerprint density at radius 3 is 2.25 bits per heavy atom. The van der Waals surface area contributed by atoms with Crippen molar-refractivity contribution in [3.8, 4) is 0 Å². The van der Waals surface area contributed by atoms with Crippen LogP contribution in [0.2, 0.25) is 0 Å². The second-order valence-corrected chi connectivity index (χ2v) is 3.15. The van der Waals surface area contributed by atoms with Gasteiger partial charge >= 0.3 is 11.7 Å². The lowest BCUT2D eigenvalue weighted by Gasteiger charge is -2.32. The van der Waals surface area contributed by atoms with Crippen LogP contribution in [0.15, 0.2) is 23.9 Å². The van der Waals surface area contributed by atoms with Gasteiger partial charge in [-0.1, -0.05) is 6.58 Å². The molecule has 88 valence electrons. The number of aliphatic hydroxyl groups is 1. The zero-order chi connectivity index (χ0) is 12.5. The van der Waals surface area contributed by atoms with E-state index in [2.05, 4.69) is 6.58 Å². The Morgan fingerprint density at radius 2 is 1.88 bits per heavy atom. The van der Waals surface area contributed by atoms with Gasteiger partial charge in [0.2, 0.25) is 0 Å². The molecule has 0 unspecified atom stereocenters. The molecule has 1 rings (SSSR count). The number of aliphatic hydroxyl groups excluding tert-OH is 1. The predicted octanol–water partition coefficient (Wildman–Crippen LogP) is 1.28. The molecule has 1 N–H and O–H groups in total. The number of hydrogen-bond acceptors (Lipinski definition) is 4. The molecule has 0 aliphatic carbocycles. The molecular weight excluding hydrogens is 214 g/mol. The van der Waals surface area contributed by atoms with Crippen molar-refractivity contribution in [1.82, 2.24) is 9.80 Å². The monoisotopic (exact) mass is 227 g/mol. The molecule has 0 saturated carbocycles. The normalized spacial score (nSPS) is 17.1. The number of amides is 2. The SMILES string of the molecule is C=C1C([N+](=O)[O-])=C(O)N(CC)C(=O)N1CC. The van der Waals surface area contributed by atoms with E-state index in [1.807, 2.05) is 0 Å². The van der Waals surface area contributed by atoms with Gasteiger partial charge in [0.25, 0.3) is 5.88 Å². The molecule has 16 heavy (non-hydrogen) atoms. The Morgan fingerprint density at radius 1 is 1.38 bits per heavy atom. The van der Waals surface area contributed by atoms with E-state index in [1.165, 1.54) is 0 Å². The van der Waals surface area contributed by atoms with E-state index >= 15 is 0 Å². The summed E-state index contributed by atoms with van der Waals surface area (Å²) in [4.78, 5) is 23.9. The van der Waals surface area contributed by atoms with Crippen molar-refractivity contribution in [1.29, 1.82) is 0 Å². The number of nitro groups is 1. The van der Waals surface area contributed by atoms with Crippen molar-refractivity contribution in [2.75, 3.05) is 13.1 Å². The van der Waals surface area contributed by atoms with Crippen LogP contribution in [0.5, 0.6) is 0 Å². The van der Waals surface area contributed by atoms with E-state index in [0.29, 0.717) is 0 Å². The average Bonchev–Trinajstić information content (AvgIpc) is 2.18. The Bertz CT molecular complexity index is 388. The number of nitrogens with zero attached hydrogens (tertiary/aromatic N) is 3. The average molecular weight is 227 g/mol. The number of rotatable bonds is 3. The largest absolute Gasteiger partial charge is 0.489 e. The van der Waals surface area contributed by atoms with Gasteiger partial charge in [0.15, 0.2) is 0 Å². The molecule has 0 aromatic carbocycles. The maximum atomic E-state index is 11.8. The summed E-state index contributed by atoms with van der Waals surface area (Å²) in [5, 5.41) is 20.4. The van der Waals surface area contributed by atoms with E-state index in [0.717, 1.165) is 9.80 Å². The maximum Gasteiger partial charge on any atom is 0.351 e. The Labute approximate surface area is 92.4 Å². The molecule has 0 saturated heterocycles. The summed E-state index contributed by atoms with van der Waals surface area (Å²) >= 11 is 0. The molecule has 7 heteroatoms. The molecule has 0 fully saturated rings. The van der Waals surface area contributed by atoms with Gasteiger partial charge in [-0.05, 0) is 13.8 Å². The van der Waals surface area contributed by atoms with Crippen LogP contribution in [0.1, 0.15) is 13.8 Å². The van der Waals surface area contributed by atoms with E-state index in [-0.39, 0.29) is 18.8 Å². The molecule has 1 aliphatic heterocycles. The van der Waals surface area contributed by atoms with Crippen LogP contribution in [0.25, 0.3) is 0 Å². The highest BCUT2D eigenvalue weighted by Gasteiger charge is 2.40. The number of carbonyl (C=O) groups is 1. The van der Waals surface area contributed by atoms with Crippen LogP contribution in [0.3, 0.4) is 0 Å². The third-order valence-electron chi connectivity index (χ3n) is 2.34. The summed E-state index contributed by atoms with van der Waals surface area (Å²) in [6.07, 6.45) is 0. The van der Waals surface area contributed by atoms with Crippen LogP contribution in [0.4, 0.5) is 4.79 Å². The van der Waals surface area contributed by atoms with E-state index in [1.54, 1.807) is 13.8 Å². The fourth-order valence-electron chi connectivity index (χ4n) is 1.53. The second-order valence-electron chi connectivity index (χ2n) is 3.15. The number of carbonyl (C=O) groups excluding carboxylic acids is 1. The Hall–Kier alpha value is -2.05. The highest BCUT2D eigenvalue weighted by Crippen LogP contribution is 2.26. The zero-order valence-electron chi connectivity index (χ0n) is 9.13. The quantitative estimate of drug-likeness (QED) is 0.581. The van der Waals surface area contributed by atoms with Crippen molar-refractivity contribution in [2.24, 2.45) is 0 Å². The van der Waals surface area contributed by atoms with Crippen molar-refractivity contribution in [3.05, 3.63) is 34.0 Å². The first-order chi connectivity index (χ1) is 7.45. The molecule has 7 nitrogen and oxygen atoms in total. The smallest absolute Gasteiger partial charge is 0.351 e. The molecule has 0 radical (unpaired) electrons. The van der Waals surface area contributed by atoms with Crippen LogP contribution >= 0.6 is 0 Å². The summed E-state index contributed by atoms with van der Waals surface area (Å²) in [5.41, 5.74) is -0.608. The molecule has 0 spiro atoms. The van der Waals surface area contributed by atoms with Gasteiger partial charge < -0.3 is 5.11 Å². The van der Waals surface area contributed by atoms with Crippen molar-refractivity contribution >= 4 is 6.03 Å². The fraction of sp³-hybridized carbons (Fsp3) is 0.444. The molecule has 0 bridgehead atoms. The summed E-state index contributed by atoms with van der Waals surface area (Å²) in [5.74, 6) is -0.646. The Balaban J connectivity index is 3.32. The van der Waals surface area contributed by atoms with Crippen molar-refractivity contribution < 1.29 is 14.8 Å².